The molecule has 0 aromatic carbocycles. The Hall–Kier alpha value is -1.78. The topological polar surface area (TPSA) is 78.1 Å². The van der Waals surface area contributed by atoms with Crippen LogP contribution in [0.5, 0.6) is 0 Å². The molecule has 0 radical (unpaired) electrons. The van der Waals surface area contributed by atoms with Crippen molar-refractivity contribution in [1.82, 2.24) is 10.3 Å². The average molecular weight is 151 g/mol. The van der Waals surface area contributed by atoms with Crippen molar-refractivity contribution in [2.24, 2.45) is 0 Å². The zero-order valence-corrected chi connectivity index (χ0v) is 5.52. The molecule has 0 aliphatic carbocycles. The van der Waals surface area contributed by atoms with E-state index in [9.17, 15) is 0 Å². The Kier molecular flexibility index (Phi) is 1.15. The van der Waals surface area contributed by atoms with Crippen LogP contribution in [0.25, 0.3) is 11.5 Å². The fourth-order valence-corrected chi connectivity index (χ4v) is 0.771. The quantitative estimate of drug-likeness (QED) is 0.655. The third kappa shape index (κ3) is 0.861. The monoisotopic (exact) mass is 151 g/mol. The number of hydrogen-bond acceptors (Lipinski definition) is 5. The minimum atomic E-state index is 0.443. The molecule has 5 nitrogen and oxygen atoms in total. The molecular weight excluding hydrogens is 146 g/mol. The van der Waals surface area contributed by atoms with Gasteiger partial charge in [0.2, 0.25) is 5.76 Å². The maximum Gasteiger partial charge on any atom is 0.211 e. The summed E-state index contributed by atoms with van der Waals surface area (Å²) in [7, 11) is 0. The predicted molar refractivity (Wildman–Crippen MR) is 36.4 cm³/mol. The van der Waals surface area contributed by atoms with Gasteiger partial charge >= 0.3 is 0 Å². The molecule has 0 atom stereocenters. The normalized spacial score (nSPS) is 10.2. The van der Waals surface area contributed by atoms with Gasteiger partial charge in [-0.15, -0.1) is 0 Å². The van der Waals surface area contributed by atoms with Gasteiger partial charge in [-0.1, -0.05) is 10.3 Å². The van der Waals surface area contributed by atoms with Gasteiger partial charge in [0.05, 0.1) is 6.20 Å². The van der Waals surface area contributed by atoms with Crippen molar-refractivity contribution in [2.45, 2.75) is 0 Å². The van der Waals surface area contributed by atoms with E-state index in [2.05, 4.69) is 14.8 Å². The van der Waals surface area contributed by atoms with Crippen LogP contribution in [0, 0.1) is 0 Å². The van der Waals surface area contributed by atoms with E-state index in [0.29, 0.717) is 17.1 Å². The molecule has 2 N–H and O–H groups in total. The summed E-state index contributed by atoms with van der Waals surface area (Å²) in [5.41, 5.74) is 6.51. The van der Waals surface area contributed by atoms with Crippen LogP contribution in [0.4, 0.5) is 5.69 Å². The SMILES string of the molecule is Nc1cnoc1-c1ccon1. The smallest absolute Gasteiger partial charge is 0.211 e. The van der Waals surface area contributed by atoms with E-state index >= 15 is 0 Å². The first-order valence-corrected chi connectivity index (χ1v) is 2.99. The second-order valence-electron chi connectivity index (χ2n) is 1.99. The van der Waals surface area contributed by atoms with Crippen LogP contribution in [-0.2, 0) is 0 Å². The molecule has 0 aliphatic rings. The maximum absolute atomic E-state index is 5.49. The van der Waals surface area contributed by atoms with E-state index in [4.69, 9.17) is 10.3 Å². The summed E-state index contributed by atoms with van der Waals surface area (Å²) in [6.45, 7) is 0. The summed E-state index contributed by atoms with van der Waals surface area (Å²) in [5, 5.41) is 7.13. The number of nitrogen functional groups attached to an aromatic ring is 1. The molecule has 0 fully saturated rings. The summed E-state index contributed by atoms with van der Waals surface area (Å²) in [4.78, 5) is 0. The second-order valence-corrected chi connectivity index (χ2v) is 1.99. The lowest BCUT2D eigenvalue weighted by Gasteiger charge is -1.85. The number of anilines is 1. The van der Waals surface area contributed by atoms with E-state index in [1.165, 1.54) is 12.5 Å². The largest absolute Gasteiger partial charge is 0.394 e. The van der Waals surface area contributed by atoms with Gasteiger partial charge < -0.3 is 14.8 Å². The highest BCUT2D eigenvalue weighted by molar-refractivity contribution is 5.65. The van der Waals surface area contributed by atoms with Crippen molar-refractivity contribution < 1.29 is 9.05 Å². The van der Waals surface area contributed by atoms with Gasteiger partial charge in [-0.2, -0.15) is 0 Å². The molecular formula is C6H5N3O2. The highest BCUT2D eigenvalue weighted by atomic mass is 16.5. The molecule has 0 bridgehead atoms. The van der Waals surface area contributed by atoms with Gasteiger partial charge in [0.25, 0.3) is 0 Å². The number of aromatic nitrogens is 2. The third-order valence-corrected chi connectivity index (χ3v) is 1.27. The van der Waals surface area contributed by atoms with Crippen LogP contribution in [0.1, 0.15) is 0 Å². The standard InChI is InChI=1S/C6H5N3O2/c7-4-3-8-11-6(4)5-1-2-10-9-5/h1-3H,7H2. The molecule has 11 heavy (non-hydrogen) atoms. The van der Waals surface area contributed by atoms with Crippen LogP contribution in [0.3, 0.4) is 0 Å². The number of nitrogens with two attached hydrogens (primary N) is 1. The summed E-state index contributed by atoms with van der Waals surface area (Å²) in [6, 6.07) is 1.65. The lowest BCUT2D eigenvalue weighted by atomic mass is 10.3. The fraction of sp³-hybridized carbons (Fsp3) is 0. The molecule has 5 heteroatoms. The first kappa shape index (κ1) is 5.96. The first-order valence-electron chi connectivity index (χ1n) is 2.99. The molecule has 2 rings (SSSR count). The minimum absolute atomic E-state index is 0.443. The van der Waals surface area contributed by atoms with Gasteiger partial charge in [-0.05, 0) is 0 Å². The van der Waals surface area contributed by atoms with Crippen LogP contribution in [0.15, 0.2) is 27.6 Å². The van der Waals surface area contributed by atoms with Crippen LogP contribution in [-0.4, -0.2) is 10.3 Å². The first-order chi connectivity index (χ1) is 5.38. The van der Waals surface area contributed by atoms with E-state index in [-0.39, 0.29) is 0 Å². The molecule has 0 saturated heterocycles. The third-order valence-electron chi connectivity index (χ3n) is 1.27. The number of nitrogens with zero attached hydrogens (tertiary/aromatic N) is 2. The molecule has 2 aromatic rings. The lowest BCUT2D eigenvalue weighted by Crippen LogP contribution is -1.83. The lowest BCUT2D eigenvalue weighted by molar-refractivity contribution is 0.406. The number of hydrogen-bond donors (Lipinski definition) is 1. The fourth-order valence-electron chi connectivity index (χ4n) is 0.771. The van der Waals surface area contributed by atoms with Crippen molar-refractivity contribution in [1.29, 1.82) is 0 Å². The Morgan fingerprint density at radius 2 is 2.36 bits per heavy atom. The van der Waals surface area contributed by atoms with Crippen molar-refractivity contribution in [2.75, 3.05) is 5.73 Å². The van der Waals surface area contributed by atoms with Crippen molar-refractivity contribution in [3.63, 3.8) is 0 Å². The van der Waals surface area contributed by atoms with Gasteiger partial charge in [0, 0.05) is 6.07 Å². The van der Waals surface area contributed by atoms with Gasteiger partial charge in [0.15, 0.2) is 5.69 Å². The Morgan fingerprint density at radius 3 is 2.91 bits per heavy atom. The Balaban J connectivity index is 2.53. The molecule has 0 amide bonds. The minimum Gasteiger partial charge on any atom is -0.394 e. The van der Waals surface area contributed by atoms with E-state index in [1.54, 1.807) is 6.07 Å². The molecule has 56 valence electrons. The zero-order valence-electron chi connectivity index (χ0n) is 5.52. The molecule has 2 heterocycles. The molecule has 0 saturated carbocycles. The van der Waals surface area contributed by atoms with Crippen LogP contribution in [0.2, 0.25) is 0 Å². The number of rotatable bonds is 1. The maximum atomic E-state index is 5.49. The summed E-state index contributed by atoms with van der Waals surface area (Å²) >= 11 is 0. The molecule has 0 aliphatic heterocycles. The summed E-state index contributed by atoms with van der Waals surface area (Å²) in [5.74, 6) is 0.443. The van der Waals surface area contributed by atoms with Crippen molar-refractivity contribution >= 4 is 5.69 Å². The highest BCUT2D eigenvalue weighted by Crippen LogP contribution is 2.22. The summed E-state index contributed by atoms with van der Waals surface area (Å²) < 4.78 is 9.41. The van der Waals surface area contributed by atoms with Gasteiger partial charge in [-0.3, -0.25) is 0 Å². The van der Waals surface area contributed by atoms with E-state index < -0.39 is 0 Å². The van der Waals surface area contributed by atoms with E-state index in [1.807, 2.05) is 0 Å². The zero-order chi connectivity index (χ0) is 7.68. The highest BCUT2D eigenvalue weighted by Gasteiger charge is 2.09. The molecule has 0 spiro atoms. The van der Waals surface area contributed by atoms with Gasteiger partial charge in [0.1, 0.15) is 12.0 Å². The Labute approximate surface area is 61.8 Å². The second kappa shape index (κ2) is 2.12. The Morgan fingerprint density at radius 1 is 1.45 bits per heavy atom. The molecule has 0 unspecified atom stereocenters. The molecule has 2 aromatic heterocycles. The summed E-state index contributed by atoms with van der Waals surface area (Å²) in [6.07, 6.45) is 2.86. The van der Waals surface area contributed by atoms with Crippen LogP contribution < -0.4 is 5.73 Å². The average Bonchev–Trinajstić information content (AvgIpc) is 2.55. The van der Waals surface area contributed by atoms with Crippen LogP contribution >= 0.6 is 0 Å². The van der Waals surface area contributed by atoms with Gasteiger partial charge in [-0.25, -0.2) is 0 Å². The Bertz CT molecular complexity index is 338. The predicted octanol–water partition coefficient (Wildman–Crippen LogP) is 0.912. The van der Waals surface area contributed by atoms with Crippen molar-refractivity contribution in [3.8, 4) is 11.5 Å². The van der Waals surface area contributed by atoms with E-state index in [0.717, 1.165) is 0 Å². The van der Waals surface area contributed by atoms with Crippen molar-refractivity contribution in [3.05, 3.63) is 18.5 Å².